The van der Waals surface area contributed by atoms with Crippen LogP contribution in [-0.4, -0.2) is 0 Å². The standard InChI is InChI=1S/C16H10/c1-2-6-12-11(5-1)13-7-3-9-15(13)16-10-4-8-14(12)16/h1-10H. The van der Waals surface area contributed by atoms with Gasteiger partial charge in [0.25, 0.3) is 0 Å². The molecular formula is C16H10. The molecule has 0 N–H and O–H groups in total. The number of hydrogen-bond donors (Lipinski definition) is 0. The van der Waals surface area contributed by atoms with Gasteiger partial charge in [0.2, 0.25) is 0 Å². The van der Waals surface area contributed by atoms with Crippen LogP contribution in [0.2, 0.25) is 0 Å². The highest BCUT2D eigenvalue weighted by molar-refractivity contribution is 5.95. The fourth-order valence-electron chi connectivity index (χ4n) is 2.73. The zero-order valence-corrected chi connectivity index (χ0v) is 8.77. The van der Waals surface area contributed by atoms with E-state index < -0.39 is 0 Å². The van der Waals surface area contributed by atoms with Crippen LogP contribution in [0, 0.1) is 0 Å². The minimum Gasteiger partial charge on any atom is -0.0616 e. The highest BCUT2D eigenvalue weighted by Crippen LogP contribution is 2.18. The molecule has 0 amide bonds. The molecular weight excluding hydrogens is 192 g/mol. The maximum atomic E-state index is 2.21. The Bertz CT molecular complexity index is 718. The van der Waals surface area contributed by atoms with Crippen molar-refractivity contribution in [1.82, 2.24) is 0 Å². The van der Waals surface area contributed by atoms with Crippen LogP contribution < -0.4 is 10.4 Å². The van der Waals surface area contributed by atoms with E-state index in [1.807, 2.05) is 0 Å². The van der Waals surface area contributed by atoms with Gasteiger partial charge in [0, 0.05) is 0 Å². The molecule has 2 aliphatic rings. The third-order valence-electron chi connectivity index (χ3n) is 3.43. The number of fused-ring (bicyclic) bond motifs is 6. The first-order chi connectivity index (χ1) is 7.95. The van der Waals surface area contributed by atoms with Gasteiger partial charge in [-0.05, 0) is 32.3 Å². The lowest BCUT2D eigenvalue weighted by atomic mass is 9.98. The Morgan fingerprint density at radius 3 is 1.62 bits per heavy atom. The summed E-state index contributed by atoms with van der Waals surface area (Å²) in [5, 5.41) is 5.46. The van der Waals surface area contributed by atoms with E-state index in [2.05, 4.69) is 60.7 Å². The smallest absolute Gasteiger partial charge is 0.00990 e. The zero-order valence-electron chi connectivity index (χ0n) is 8.77. The molecule has 0 unspecified atom stereocenters. The van der Waals surface area contributed by atoms with Crippen LogP contribution in [0.25, 0.3) is 35.1 Å². The summed E-state index contributed by atoms with van der Waals surface area (Å²) >= 11 is 0. The van der Waals surface area contributed by atoms with E-state index in [-0.39, 0.29) is 0 Å². The maximum Gasteiger partial charge on any atom is -0.00990 e. The van der Waals surface area contributed by atoms with Crippen molar-refractivity contribution in [3.63, 3.8) is 0 Å². The Morgan fingerprint density at radius 1 is 0.625 bits per heavy atom. The van der Waals surface area contributed by atoms with Crippen molar-refractivity contribution in [2.75, 3.05) is 0 Å². The monoisotopic (exact) mass is 202 g/mol. The average molecular weight is 202 g/mol. The summed E-state index contributed by atoms with van der Waals surface area (Å²) in [6, 6.07) is 8.65. The lowest BCUT2D eigenvalue weighted by Crippen LogP contribution is -2.16. The topological polar surface area (TPSA) is 0 Å². The van der Waals surface area contributed by atoms with Gasteiger partial charge >= 0.3 is 0 Å². The Kier molecular flexibility index (Phi) is 1.39. The van der Waals surface area contributed by atoms with Crippen LogP contribution in [0.15, 0.2) is 36.4 Å². The predicted octanol–water partition coefficient (Wildman–Crippen LogP) is 2.45. The molecule has 2 aromatic carbocycles. The lowest BCUT2D eigenvalue weighted by molar-refractivity contribution is 1.57. The summed E-state index contributed by atoms with van der Waals surface area (Å²) in [4.78, 5) is 0. The summed E-state index contributed by atoms with van der Waals surface area (Å²) in [6.07, 6.45) is 13.1. The van der Waals surface area contributed by atoms with Gasteiger partial charge in [0.15, 0.2) is 0 Å². The molecule has 0 bridgehead atoms. The van der Waals surface area contributed by atoms with Gasteiger partial charge in [-0.3, -0.25) is 0 Å². The van der Waals surface area contributed by atoms with Crippen molar-refractivity contribution in [1.29, 1.82) is 0 Å². The Labute approximate surface area is 93.5 Å². The highest BCUT2D eigenvalue weighted by Gasteiger charge is 2.11. The molecule has 0 radical (unpaired) electrons. The molecule has 0 atom stereocenters. The van der Waals surface area contributed by atoms with Crippen LogP contribution in [0.1, 0.15) is 11.1 Å². The Morgan fingerprint density at radius 2 is 1.12 bits per heavy atom. The van der Waals surface area contributed by atoms with Crippen LogP contribution in [0.4, 0.5) is 0 Å². The number of rotatable bonds is 0. The summed E-state index contributed by atoms with van der Waals surface area (Å²) in [5.74, 6) is 0. The number of hydrogen-bond acceptors (Lipinski definition) is 0. The fourth-order valence-corrected chi connectivity index (χ4v) is 2.73. The molecule has 74 valence electrons. The quantitative estimate of drug-likeness (QED) is 0.615. The largest absolute Gasteiger partial charge is 0.0616 e. The van der Waals surface area contributed by atoms with Crippen LogP contribution in [-0.2, 0) is 0 Å². The first kappa shape index (κ1) is 8.12. The molecule has 0 aromatic heterocycles. The third-order valence-corrected chi connectivity index (χ3v) is 3.43. The molecule has 0 aliphatic heterocycles. The molecule has 0 heteroatoms. The molecule has 0 nitrogen and oxygen atoms in total. The molecule has 2 aromatic rings. The van der Waals surface area contributed by atoms with Crippen molar-refractivity contribution in [3.05, 3.63) is 58.0 Å². The molecule has 2 aliphatic carbocycles. The maximum absolute atomic E-state index is 2.21. The lowest BCUT2D eigenvalue weighted by Gasteiger charge is -2.05. The second kappa shape index (κ2) is 2.73. The van der Waals surface area contributed by atoms with E-state index in [1.54, 1.807) is 0 Å². The normalized spacial score (nSPS) is 14.8. The van der Waals surface area contributed by atoms with Gasteiger partial charge in [-0.15, -0.1) is 0 Å². The summed E-state index contributed by atoms with van der Waals surface area (Å²) in [6.45, 7) is 0. The van der Waals surface area contributed by atoms with E-state index in [1.165, 1.54) is 32.3 Å². The number of benzene rings is 2. The summed E-state index contributed by atoms with van der Waals surface area (Å²) < 4.78 is 0. The van der Waals surface area contributed by atoms with Crippen LogP contribution >= 0.6 is 0 Å². The van der Waals surface area contributed by atoms with Gasteiger partial charge in [-0.1, -0.05) is 60.7 Å². The van der Waals surface area contributed by atoms with Crippen molar-refractivity contribution >= 4 is 35.1 Å². The van der Waals surface area contributed by atoms with Crippen LogP contribution in [0.5, 0.6) is 0 Å². The molecule has 16 heavy (non-hydrogen) atoms. The average Bonchev–Trinajstić information content (AvgIpc) is 2.98. The van der Waals surface area contributed by atoms with E-state index in [0.717, 1.165) is 0 Å². The van der Waals surface area contributed by atoms with Gasteiger partial charge in [0.05, 0.1) is 0 Å². The molecule has 0 spiro atoms. The summed E-state index contributed by atoms with van der Waals surface area (Å²) in [5.41, 5.74) is 2.75. The zero-order chi connectivity index (χ0) is 10.5. The molecule has 4 rings (SSSR count). The van der Waals surface area contributed by atoms with Gasteiger partial charge in [-0.25, -0.2) is 0 Å². The second-order valence-corrected chi connectivity index (χ2v) is 4.25. The van der Waals surface area contributed by atoms with Crippen molar-refractivity contribution in [2.24, 2.45) is 0 Å². The molecule has 0 saturated carbocycles. The van der Waals surface area contributed by atoms with Gasteiger partial charge < -0.3 is 0 Å². The fraction of sp³-hybridized carbons (Fsp3) is 0. The van der Waals surface area contributed by atoms with Crippen molar-refractivity contribution in [2.45, 2.75) is 0 Å². The second-order valence-electron chi connectivity index (χ2n) is 4.25. The van der Waals surface area contributed by atoms with E-state index in [9.17, 15) is 0 Å². The minimum atomic E-state index is 1.36. The Hall–Kier alpha value is -2.08. The van der Waals surface area contributed by atoms with E-state index in [0.29, 0.717) is 0 Å². The third kappa shape index (κ3) is 0.849. The SMILES string of the molecule is C1=Cc2c3c(c4ccccc4c2=C1)=CC=C3. The summed E-state index contributed by atoms with van der Waals surface area (Å²) in [7, 11) is 0. The Balaban J connectivity index is 2.43. The predicted molar refractivity (Wildman–Crippen MR) is 70.2 cm³/mol. The number of allylic oxidation sites excluding steroid dienone is 2. The van der Waals surface area contributed by atoms with Crippen molar-refractivity contribution < 1.29 is 0 Å². The van der Waals surface area contributed by atoms with E-state index in [4.69, 9.17) is 0 Å². The van der Waals surface area contributed by atoms with Crippen LogP contribution in [0.3, 0.4) is 0 Å². The van der Waals surface area contributed by atoms with Gasteiger partial charge in [0.1, 0.15) is 0 Å². The molecule has 0 heterocycles. The minimum absolute atomic E-state index is 1.36. The van der Waals surface area contributed by atoms with E-state index >= 15 is 0 Å². The highest BCUT2D eigenvalue weighted by atomic mass is 14.1. The van der Waals surface area contributed by atoms with Crippen molar-refractivity contribution in [3.8, 4) is 0 Å². The molecule has 0 saturated heterocycles. The first-order valence-electron chi connectivity index (χ1n) is 5.57. The van der Waals surface area contributed by atoms with Gasteiger partial charge in [-0.2, -0.15) is 0 Å². The molecule has 0 fully saturated rings. The first-order valence-corrected chi connectivity index (χ1v) is 5.57.